The molecule has 0 aliphatic carbocycles. The number of pyridine rings is 1. The summed E-state index contributed by atoms with van der Waals surface area (Å²) in [4.78, 5) is 3.57. The average Bonchev–Trinajstić information content (AvgIpc) is 1.88. The molecule has 0 fully saturated rings. The van der Waals surface area contributed by atoms with Gasteiger partial charge in [0.25, 0.3) is 0 Å². The van der Waals surface area contributed by atoms with Gasteiger partial charge in [-0.15, -0.1) is 12.4 Å². The zero-order chi connectivity index (χ0) is 7.56. The van der Waals surface area contributed by atoms with Crippen molar-refractivity contribution in [3.8, 4) is 5.88 Å². The van der Waals surface area contributed by atoms with Gasteiger partial charge in [0, 0.05) is 6.07 Å². The standard InChI is InChI=1S/C6H7FN2O.ClH/c1-10-6-5(7)2-4(8)3-9-6;/h2-3H,8H2,1H3;1H. The lowest BCUT2D eigenvalue weighted by Crippen LogP contribution is -1.94. The normalized spacial score (nSPS) is 8.55. The van der Waals surface area contributed by atoms with E-state index in [1.807, 2.05) is 0 Å². The second-order valence-electron chi connectivity index (χ2n) is 1.76. The van der Waals surface area contributed by atoms with E-state index in [-0.39, 0.29) is 18.3 Å². The number of hydrogen-bond donors (Lipinski definition) is 1. The van der Waals surface area contributed by atoms with Crippen molar-refractivity contribution in [2.75, 3.05) is 12.8 Å². The number of rotatable bonds is 1. The molecule has 0 saturated carbocycles. The van der Waals surface area contributed by atoms with Crippen LogP contribution in [0.15, 0.2) is 12.3 Å². The minimum atomic E-state index is -0.539. The molecule has 11 heavy (non-hydrogen) atoms. The summed E-state index contributed by atoms with van der Waals surface area (Å²) >= 11 is 0. The maximum Gasteiger partial charge on any atom is 0.250 e. The summed E-state index contributed by atoms with van der Waals surface area (Å²) in [5.41, 5.74) is 5.51. The number of nitrogen functional groups attached to an aromatic ring is 1. The van der Waals surface area contributed by atoms with Crippen molar-refractivity contribution < 1.29 is 9.13 Å². The highest BCUT2D eigenvalue weighted by molar-refractivity contribution is 5.85. The number of aromatic nitrogens is 1. The first-order valence-electron chi connectivity index (χ1n) is 2.69. The van der Waals surface area contributed by atoms with Crippen LogP contribution in [0.3, 0.4) is 0 Å². The molecule has 0 aliphatic heterocycles. The van der Waals surface area contributed by atoms with Crippen LogP contribution in [0.25, 0.3) is 0 Å². The molecule has 1 heterocycles. The van der Waals surface area contributed by atoms with Crippen LogP contribution in [0.4, 0.5) is 10.1 Å². The Morgan fingerprint density at radius 1 is 1.64 bits per heavy atom. The van der Waals surface area contributed by atoms with Gasteiger partial charge in [-0.05, 0) is 0 Å². The molecule has 2 N–H and O–H groups in total. The van der Waals surface area contributed by atoms with Gasteiger partial charge < -0.3 is 10.5 Å². The zero-order valence-corrected chi connectivity index (χ0v) is 6.69. The van der Waals surface area contributed by atoms with Crippen molar-refractivity contribution in [1.82, 2.24) is 4.98 Å². The Balaban J connectivity index is 0.000001000. The number of nitrogens with two attached hydrogens (primary N) is 1. The van der Waals surface area contributed by atoms with E-state index in [1.165, 1.54) is 13.3 Å². The lowest BCUT2D eigenvalue weighted by Gasteiger charge is -1.98. The molecule has 0 radical (unpaired) electrons. The van der Waals surface area contributed by atoms with E-state index in [1.54, 1.807) is 0 Å². The molecule has 3 nitrogen and oxygen atoms in total. The predicted molar refractivity (Wildman–Crippen MR) is 42.4 cm³/mol. The third-order valence-corrected chi connectivity index (χ3v) is 1.02. The first-order valence-corrected chi connectivity index (χ1v) is 2.69. The van der Waals surface area contributed by atoms with Crippen molar-refractivity contribution in [2.24, 2.45) is 0 Å². The number of ether oxygens (including phenoxy) is 1. The van der Waals surface area contributed by atoms with Gasteiger partial charge in [-0.1, -0.05) is 0 Å². The molecule has 0 saturated heterocycles. The summed E-state index contributed by atoms with van der Waals surface area (Å²) in [5, 5.41) is 0. The van der Waals surface area contributed by atoms with Crippen LogP contribution in [0.2, 0.25) is 0 Å². The van der Waals surface area contributed by atoms with Crippen molar-refractivity contribution >= 4 is 18.1 Å². The van der Waals surface area contributed by atoms with E-state index in [0.717, 1.165) is 6.07 Å². The third kappa shape index (κ3) is 2.23. The van der Waals surface area contributed by atoms with Crippen molar-refractivity contribution in [2.45, 2.75) is 0 Å². The molecule has 62 valence electrons. The summed E-state index contributed by atoms with van der Waals surface area (Å²) in [7, 11) is 1.35. The highest BCUT2D eigenvalue weighted by Gasteiger charge is 2.01. The predicted octanol–water partition coefficient (Wildman–Crippen LogP) is 1.23. The second kappa shape index (κ2) is 3.98. The SMILES string of the molecule is COc1ncc(N)cc1F.Cl. The van der Waals surface area contributed by atoms with Crippen LogP contribution in [-0.2, 0) is 0 Å². The Morgan fingerprint density at radius 2 is 2.27 bits per heavy atom. The number of nitrogens with zero attached hydrogens (tertiary/aromatic N) is 1. The average molecular weight is 179 g/mol. The Bertz CT molecular complexity index is 244. The largest absolute Gasteiger partial charge is 0.479 e. The van der Waals surface area contributed by atoms with E-state index in [0.29, 0.717) is 5.69 Å². The monoisotopic (exact) mass is 178 g/mol. The van der Waals surface area contributed by atoms with Crippen molar-refractivity contribution in [3.05, 3.63) is 18.1 Å². The summed E-state index contributed by atoms with van der Waals surface area (Å²) in [5.74, 6) is -0.572. The van der Waals surface area contributed by atoms with E-state index >= 15 is 0 Å². The molecule has 1 rings (SSSR count). The van der Waals surface area contributed by atoms with E-state index in [4.69, 9.17) is 5.73 Å². The second-order valence-corrected chi connectivity index (χ2v) is 1.76. The fraction of sp³-hybridized carbons (Fsp3) is 0.167. The van der Waals surface area contributed by atoms with E-state index in [9.17, 15) is 4.39 Å². The highest BCUT2D eigenvalue weighted by atomic mass is 35.5. The fourth-order valence-electron chi connectivity index (χ4n) is 0.590. The lowest BCUT2D eigenvalue weighted by molar-refractivity contribution is 0.369. The lowest BCUT2D eigenvalue weighted by atomic mass is 10.4. The van der Waals surface area contributed by atoms with E-state index in [2.05, 4.69) is 9.72 Å². The molecule has 1 aromatic rings. The Morgan fingerprint density at radius 3 is 2.73 bits per heavy atom. The molecule has 0 amide bonds. The van der Waals surface area contributed by atoms with Gasteiger partial charge in [0.2, 0.25) is 5.88 Å². The summed E-state index contributed by atoms with van der Waals surface area (Å²) in [6, 6.07) is 1.16. The molecule has 0 bridgehead atoms. The van der Waals surface area contributed by atoms with Gasteiger partial charge in [0.15, 0.2) is 5.82 Å². The molecular formula is C6H8ClFN2O. The van der Waals surface area contributed by atoms with Crippen molar-refractivity contribution in [3.63, 3.8) is 0 Å². The third-order valence-electron chi connectivity index (χ3n) is 1.02. The van der Waals surface area contributed by atoms with Crippen LogP contribution < -0.4 is 10.5 Å². The van der Waals surface area contributed by atoms with Crippen LogP contribution in [0.1, 0.15) is 0 Å². The van der Waals surface area contributed by atoms with Gasteiger partial charge in [0.05, 0.1) is 19.0 Å². The number of halogens is 2. The molecule has 5 heteroatoms. The summed E-state index contributed by atoms with van der Waals surface area (Å²) in [6.45, 7) is 0. The number of anilines is 1. The quantitative estimate of drug-likeness (QED) is 0.704. The van der Waals surface area contributed by atoms with Gasteiger partial charge in [-0.3, -0.25) is 0 Å². The van der Waals surface area contributed by atoms with Crippen molar-refractivity contribution in [1.29, 1.82) is 0 Å². The first kappa shape index (κ1) is 9.97. The van der Waals surface area contributed by atoms with Gasteiger partial charge in [-0.2, -0.15) is 0 Å². The molecule has 0 aromatic carbocycles. The van der Waals surface area contributed by atoms with Gasteiger partial charge in [-0.25, -0.2) is 9.37 Å². The van der Waals surface area contributed by atoms with Crippen LogP contribution in [0.5, 0.6) is 5.88 Å². The number of hydrogen-bond acceptors (Lipinski definition) is 3. The van der Waals surface area contributed by atoms with Gasteiger partial charge >= 0.3 is 0 Å². The molecule has 0 unspecified atom stereocenters. The Labute approximate surface area is 69.8 Å². The molecule has 1 aromatic heterocycles. The summed E-state index contributed by atoms with van der Waals surface area (Å²) in [6.07, 6.45) is 1.34. The maximum absolute atomic E-state index is 12.6. The first-order chi connectivity index (χ1) is 4.74. The molecule has 0 spiro atoms. The topological polar surface area (TPSA) is 48.1 Å². The minimum Gasteiger partial charge on any atom is -0.479 e. The molecule has 0 aliphatic rings. The summed E-state index contributed by atoms with van der Waals surface area (Å²) < 4.78 is 17.1. The Hall–Kier alpha value is -1.03. The minimum absolute atomic E-state index is 0. The van der Waals surface area contributed by atoms with Crippen LogP contribution in [0, 0.1) is 5.82 Å². The smallest absolute Gasteiger partial charge is 0.250 e. The Kier molecular flexibility index (Phi) is 3.60. The zero-order valence-electron chi connectivity index (χ0n) is 5.87. The maximum atomic E-state index is 12.6. The number of methoxy groups -OCH3 is 1. The van der Waals surface area contributed by atoms with Gasteiger partial charge in [0.1, 0.15) is 0 Å². The fourth-order valence-corrected chi connectivity index (χ4v) is 0.590. The molecular weight excluding hydrogens is 171 g/mol. The van der Waals surface area contributed by atoms with Crippen LogP contribution >= 0.6 is 12.4 Å². The molecule has 0 atom stereocenters. The van der Waals surface area contributed by atoms with E-state index < -0.39 is 5.82 Å². The van der Waals surface area contributed by atoms with Crippen LogP contribution in [-0.4, -0.2) is 12.1 Å². The highest BCUT2D eigenvalue weighted by Crippen LogP contribution is 2.13.